The second kappa shape index (κ2) is 9.81. The Morgan fingerprint density at radius 2 is 2.40 bits per heavy atom. The van der Waals surface area contributed by atoms with E-state index in [1.165, 1.54) is 11.8 Å². The molecule has 1 unspecified atom stereocenters. The van der Waals surface area contributed by atoms with Gasteiger partial charge in [-0.25, -0.2) is 0 Å². The Balaban J connectivity index is 3.55. The monoisotopic (exact) mass is 230 g/mol. The Labute approximate surface area is 95.0 Å². The molecule has 0 aromatic rings. The predicted molar refractivity (Wildman–Crippen MR) is 61.4 cm³/mol. The number of hydrogen-bond donors (Lipinski definition) is 2. The molecule has 0 bridgehead atoms. The zero-order chi connectivity index (χ0) is 11.5. The summed E-state index contributed by atoms with van der Waals surface area (Å²) in [5, 5.41) is 19.8. The molecule has 0 saturated carbocycles. The summed E-state index contributed by atoms with van der Waals surface area (Å²) >= 11 is 1.31. The van der Waals surface area contributed by atoms with Crippen molar-refractivity contribution in [1.29, 1.82) is 5.26 Å². The van der Waals surface area contributed by atoms with Crippen molar-refractivity contribution in [3.05, 3.63) is 0 Å². The number of aliphatic hydroxyl groups excluding tert-OH is 1. The predicted octanol–water partition coefficient (Wildman–Crippen LogP) is 0.768. The molecule has 0 rings (SSSR count). The molecule has 0 aliphatic rings. The first kappa shape index (κ1) is 14.3. The lowest BCUT2D eigenvalue weighted by molar-refractivity contribution is -0.118. The van der Waals surface area contributed by atoms with Gasteiger partial charge in [0.15, 0.2) is 0 Å². The molecule has 86 valence electrons. The van der Waals surface area contributed by atoms with Crippen LogP contribution in [0.4, 0.5) is 0 Å². The number of nitrogens with zero attached hydrogens (tertiary/aromatic N) is 1. The lowest BCUT2D eigenvalue weighted by Crippen LogP contribution is -2.30. The molecule has 15 heavy (non-hydrogen) atoms. The van der Waals surface area contributed by atoms with Crippen LogP contribution in [-0.4, -0.2) is 35.7 Å². The quantitative estimate of drug-likeness (QED) is 0.604. The third-order valence-corrected chi connectivity index (χ3v) is 2.90. The number of nitrogens with one attached hydrogen (secondary N) is 1. The number of carbonyl (C=O) groups excluding carboxylic acids is 1. The zero-order valence-corrected chi connectivity index (χ0v) is 9.85. The van der Waals surface area contributed by atoms with Gasteiger partial charge in [-0.1, -0.05) is 13.3 Å². The lowest BCUT2D eigenvalue weighted by Gasteiger charge is -2.13. The van der Waals surface area contributed by atoms with Gasteiger partial charge in [0.2, 0.25) is 5.91 Å². The largest absolute Gasteiger partial charge is 0.396 e. The van der Waals surface area contributed by atoms with Crippen molar-refractivity contribution in [2.45, 2.75) is 19.8 Å². The van der Waals surface area contributed by atoms with E-state index in [1.807, 2.05) is 13.0 Å². The summed E-state index contributed by atoms with van der Waals surface area (Å²) < 4.78 is 0. The zero-order valence-electron chi connectivity index (χ0n) is 9.03. The van der Waals surface area contributed by atoms with Crippen LogP contribution in [0.1, 0.15) is 19.8 Å². The van der Waals surface area contributed by atoms with Crippen LogP contribution < -0.4 is 5.32 Å². The molecule has 2 N–H and O–H groups in total. The van der Waals surface area contributed by atoms with Gasteiger partial charge < -0.3 is 10.4 Å². The summed E-state index contributed by atoms with van der Waals surface area (Å²) in [4.78, 5) is 11.2. The van der Waals surface area contributed by atoms with Gasteiger partial charge in [0.1, 0.15) is 0 Å². The van der Waals surface area contributed by atoms with Crippen molar-refractivity contribution >= 4 is 17.7 Å². The van der Waals surface area contributed by atoms with Gasteiger partial charge in [-0.3, -0.25) is 4.79 Å². The van der Waals surface area contributed by atoms with Crippen molar-refractivity contribution < 1.29 is 9.90 Å². The number of thioether (sulfide) groups is 1. The maximum atomic E-state index is 11.2. The standard InChI is InChI=1S/C10H18N2O2S/c1-2-9(3-5-13)7-12-10(14)8-15-6-4-11/h9,13H,2-3,5-8H2,1H3,(H,12,14). The third-order valence-electron chi connectivity index (χ3n) is 2.10. The summed E-state index contributed by atoms with van der Waals surface area (Å²) in [5.74, 6) is 0.997. The molecule has 5 heteroatoms. The summed E-state index contributed by atoms with van der Waals surface area (Å²) in [7, 11) is 0. The Bertz CT molecular complexity index is 216. The van der Waals surface area contributed by atoms with Crippen molar-refractivity contribution in [2.24, 2.45) is 5.92 Å². The van der Waals surface area contributed by atoms with Gasteiger partial charge in [-0.15, -0.1) is 11.8 Å². The topological polar surface area (TPSA) is 73.1 Å². The molecule has 1 amide bonds. The minimum Gasteiger partial charge on any atom is -0.396 e. The van der Waals surface area contributed by atoms with Crippen molar-refractivity contribution in [2.75, 3.05) is 24.7 Å². The van der Waals surface area contributed by atoms with Crippen molar-refractivity contribution in [1.82, 2.24) is 5.32 Å². The van der Waals surface area contributed by atoms with E-state index < -0.39 is 0 Å². The number of rotatable bonds is 8. The van der Waals surface area contributed by atoms with Crippen molar-refractivity contribution in [3.8, 4) is 6.07 Å². The minimum atomic E-state index is -0.0355. The Morgan fingerprint density at radius 3 is 2.93 bits per heavy atom. The summed E-state index contributed by atoms with van der Waals surface area (Å²) in [5.41, 5.74) is 0. The first-order chi connectivity index (χ1) is 7.24. The molecule has 0 aromatic carbocycles. The third kappa shape index (κ3) is 8.28. The van der Waals surface area contributed by atoms with Crippen LogP contribution in [0.15, 0.2) is 0 Å². The Hall–Kier alpha value is -0.730. The number of nitriles is 1. The second-order valence-corrected chi connectivity index (χ2v) is 4.23. The fourth-order valence-corrected chi connectivity index (χ4v) is 1.61. The van der Waals surface area contributed by atoms with Crippen LogP contribution in [0.3, 0.4) is 0 Å². The molecular weight excluding hydrogens is 212 g/mol. The number of hydrogen-bond acceptors (Lipinski definition) is 4. The molecule has 0 spiro atoms. The van der Waals surface area contributed by atoms with Gasteiger partial charge in [0, 0.05) is 13.2 Å². The van der Waals surface area contributed by atoms with E-state index in [0.29, 0.717) is 24.0 Å². The van der Waals surface area contributed by atoms with Gasteiger partial charge >= 0.3 is 0 Å². The molecule has 1 atom stereocenters. The molecule has 0 aromatic heterocycles. The van der Waals surface area contributed by atoms with Crippen LogP contribution >= 0.6 is 11.8 Å². The number of carbonyl (C=O) groups is 1. The Kier molecular flexibility index (Phi) is 9.33. The highest BCUT2D eigenvalue weighted by Crippen LogP contribution is 2.05. The van der Waals surface area contributed by atoms with Crippen LogP contribution in [0, 0.1) is 17.2 Å². The molecule has 0 aliphatic heterocycles. The molecule has 0 heterocycles. The van der Waals surface area contributed by atoms with Crippen LogP contribution in [0.5, 0.6) is 0 Å². The van der Waals surface area contributed by atoms with E-state index in [2.05, 4.69) is 5.32 Å². The maximum Gasteiger partial charge on any atom is 0.230 e. The highest BCUT2D eigenvalue weighted by atomic mass is 32.2. The van der Waals surface area contributed by atoms with E-state index in [4.69, 9.17) is 10.4 Å². The fourth-order valence-electron chi connectivity index (χ4n) is 1.13. The number of amides is 1. The van der Waals surface area contributed by atoms with E-state index in [9.17, 15) is 4.79 Å². The SMILES string of the molecule is CCC(CCO)CNC(=O)CSCC#N. The summed E-state index contributed by atoms with van der Waals surface area (Å²) in [6, 6.07) is 1.97. The van der Waals surface area contributed by atoms with E-state index in [1.54, 1.807) is 0 Å². The van der Waals surface area contributed by atoms with Crippen LogP contribution in [-0.2, 0) is 4.79 Å². The summed E-state index contributed by atoms with van der Waals surface area (Å²) in [6.45, 7) is 2.82. The van der Waals surface area contributed by atoms with E-state index in [0.717, 1.165) is 12.8 Å². The highest BCUT2D eigenvalue weighted by Gasteiger charge is 2.07. The average molecular weight is 230 g/mol. The molecule has 0 fully saturated rings. The van der Waals surface area contributed by atoms with Crippen molar-refractivity contribution in [3.63, 3.8) is 0 Å². The number of aliphatic hydroxyl groups is 1. The second-order valence-electron chi connectivity index (χ2n) is 3.24. The molecule has 4 nitrogen and oxygen atoms in total. The molecule has 0 radical (unpaired) electrons. The average Bonchev–Trinajstić information content (AvgIpc) is 2.24. The van der Waals surface area contributed by atoms with Gasteiger partial charge in [0.05, 0.1) is 17.6 Å². The normalized spacial score (nSPS) is 11.8. The Morgan fingerprint density at radius 1 is 1.67 bits per heavy atom. The molecule has 0 aliphatic carbocycles. The van der Waals surface area contributed by atoms with Gasteiger partial charge in [-0.2, -0.15) is 5.26 Å². The summed E-state index contributed by atoms with van der Waals surface area (Å²) in [6.07, 6.45) is 1.67. The minimum absolute atomic E-state index is 0.0355. The first-order valence-electron chi connectivity index (χ1n) is 5.06. The van der Waals surface area contributed by atoms with E-state index >= 15 is 0 Å². The highest BCUT2D eigenvalue weighted by molar-refractivity contribution is 8.00. The fraction of sp³-hybridized carbons (Fsp3) is 0.800. The molecular formula is C10H18N2O2S. The van der Waals surface area contributed by atoms with Gasteiger partial charge in [-0.05, 0) is 12.3 Å². The van der Waals surface area contributed by atoms with Crippen LogP contribution in [0.25, 0.3) is 0 Å². The molecule has 0 saturated heterocycles. The smallest absolute Gasteiger partial charge is 0.230 e. The van der Waals surface area contributed by atoms with Gasteiger partial charge in [0.25, 0.3) is 0 Å². The lowest BCUT2D eigenvalue weighted by atomic mass is 10.0. The van der Waals surface area contributed by atoms with Crippen LogP contribution in [0.2, 0.25) is 0 Å². The first-order valence-corrected chi connectivity index (χ1v) is 6.22. The maximum absolute atomic E-state index is 11.2. The van der Waals surface area contributed by atoms with E-state index in [-0.39, 0.29) is 12.5 Å².